The maximum atomic E-state index is 5.41. The second kappa shape index (κ2) is 15.2. The lowest BCUT2D eigenvalue weighted by Gasteiger charge is -2.08. The molecule has 0 amide bonds. The predicted octanol–water partition coefficient (Wildman–Crippen LogP) is 7.47. The summed E-state index contributed by atoms with van der Waals surface area (Å²) in [5, 5.41) is 2.20. The van der Waals surface area contributed by atoms with E-state index in [0.717, 1.165) is 6.54 Å². The van der Waals surface area contributed by atoms with Crippen molar-refractivity contribution in [3.8, 4) is 0 Å². The maximum Gasteiger partial charge on any atom is 0.0105 e. The molecule has 1 rings (SSSR count). The summed E-state index contributed by atoms with van der Waals surface area (Å²) in [4.78, 5) is 1.56. The van der Waals surface area contributed by atoms with E-state index < -0.39 is 0 Å². The summed E-state index contributed by atoms with van der Waals surface area (Å²) < 4.78 is 0. The summed E-state index contributed by atoms with van der Waals surface area (Å²) in [6.07, 6.45) is 12.5. The predicted molar refractivity (Wildman–Crippen MR) is 109 cm³/mol. The summed E-state index contributed by atoms with van der Waals surface area (Å²) in [6, 6.07) is 2.25. The number of nitrogens with two attached hydrogens (primary N) is 1. The Morgan fingerprint density at radius 3 is 1.74 bits per heavy atom. The molecule has 1 nitrogen and oxygen atoms in total. The molecule has 136 valence electrons. The van der Waals surface area contributed by atoms with Crippen LogP contribution in [-0.2, 0) is 0 Å². The highest BCUT2D eigenvalue weighted by molar-refractivity contribution is 7.10. The van der Waals surface area contributed by atoms with Gasteiger partial charge in [0.1, 0.15) is 0 Å². The van der Waals surface area contributed by atoms with Crippen LogP contribution in [0.3, 0.4) is 0 Å². The molecule has 0 radical (unpaired) electrons. The Morgan fingerprint density at radius 2 is 1.35 bits per heavy atom. The second-order valence-corrected chi connectivity index (χ2v) is 8.11. The fourth-order valence-corrected chi connectivity index (χ4v) is 3.81. The van der Waals surface area contributed by atoms with Gasteiger partial charge < -0.3 is 5.73 Å². The van der Waals surface area contributed by atoms with Crippen LogP contribution in [0.1, 0.15) is 115 Å². The van der Waals surface area contributed by atoms with Gasteiger partial charge in [-0.1, -0.05) is 86.0 Å². The third-order valence-electron chi connectivity index (χ3n) is 4.18. The van der Waals surface area contributed by atoms with E-state index in [-0.39, 0.29) is 0 Å². The molecule has 0 bridgehead atoms. The van der Waals surface area contributed by atoms with Crippen LogP contribution >= 0.6 is 11.3 Å². The molecule has 0 unspecified atom stereocenters. The summed E-state index contributed by atoms with van der Waals surface area (Å²) >= 11 is 1.89. The molecular formula is C21H41NS. The highest BCUT2D eigenvalue weighted by Crippen LogP contribution is 2.30. The Labute approximate surface area is 150 Å². The molecule has 0 fully saturated rings. The third kappa shape index (κ3) is 11.8. The lowest BCUT2D eigenvalue weighted by molar-refractivity contribution is 0.567. The summed E-state index contributed by atoms with van der Waals surface area (Å²) in [7, 11) is 0. The first-order chi connectivity index (χ1) is 11.0. The molecule has 0 aliphatic heterocycles. The van der Waals surface area contributed by atoms with Crippen molar-refractivity contribution in [1.82, 2.24) is 0 Å². The first kappa shape index (κ1) is 22.7. The number of thiophene rings is 1. The molecule has 2 heteroatoms. The normalized spacial score (nSPS) is 11.0. The monoisotopic (exact) mass is 339 g/mol. The molecule has 0 spiro atoms. The minimum Gasteiger partial charge on any atom is -0.330 e. The fourth-order valence-electron chi connectivity index (χ4n) is 2.73. The highest BCUT2D eigenvalue weighted by atomic mass is 32.1. The minimum absolute atomic E-state index is 0.679. The van der Waals surface area contributed by atoms with Crippen LogP contribution in [0.25, 0.3) is 0 Å². The molecule has 0 aliphatic carbocycles. The molecule has 0 saturated carbocycles. The number of hydrogen-bond donors (Lipinski definition) is 1. The van der Waals surface area contributed by atoms with E-state index >= 15 is 0 Å². The van der Waals surface area contributed by atoms with Crippen LogP contribution in [0, 0.1) is 0 Å². The van der Waals surface area contributed by atoms with Crippen LogP contribution in [-0.4, -0.2) is 6.54 Å². The van der Waals surface area contributed by atoms with Crippen LogP contribution in [0.5, 0.6) is 0 Å². The molecule has 0 aromatic carbocycles. The van der Waals surface area contributed by atoms with E-state index in [0.29, 0.717) is 11.8 Å². The van der Waals surface area contributed by atoms with Crippen molar-refractivity contribution in [1.29, 1.82) is 0 Å². The van der Waals surface area contributed by atoms with E-state index in [1.54, 1.807) is 4.88 Å². The first-order valence-electron chi connectivity index (χ1n) is 9.81. The highest BCUT2D eigenvalue weighted by Gasteiger charge is 2.10. The van der Waals surface area contributed by atoms with Crippen molar-refractivity contribution >= 4 is 11.3 Å². The van der Waals surface area contributed by atoms with Gasteiger partial charge >= 0.3 is 0 Å². The van der Waals surface area contributed by atoms with Gasteiger partial charge in [0.15, 0.2) is 0 Å². The van der Waals surface area contributed by atoms with Gasteiger partial charge in [0.05, 0.1) is 0 Å². The summed E-state index contributed by atoms with van der Waals surface area (Å²) in [5.74, 6) is 1.37. The quantitative estimate of drug-likeness (QED) is 0.416. The van der Waals surface area contributed by atoms with Gasteiger partial charge in [-0.15, -0.1) is 11.3 Å². The maximum absolute atomic E-state index is 5.41. The molecule has 1 aromatic rings. The van der Waals surface area contributed by atoms with Crippen LogP contribution in [0.4, 0.5) is 0 Å². The van der Waals surface area contributed by atoms with Crippen LogP contribution in [0.2, 0.25) is 0 Å². The molecule has 0 atom stereocenters. The zero-order valence-corrected chi connectivity index (χ0v) is 17.2. The molecule has 1 aromatic heterocycles. The topological polar surface area (TPSA) is 26.0 Å². The van der Waals surface area contributed by atoms with Gasteiger partial charge in [-0.2, -0.15) is 0 Å². The molecule has 23 heavy (non-hydrogen) atoms. The molecule has 0 aliphatic rings. The van der Waals surface area contributed by atoms with Crippen molar-refractivity contribution < 1.29 is 0 Å². The van der Waals surface area contributed by atoms with Crippen LogP contribution < -0.4 is 5.73 Å². The van der Waals surface area contributed by atoms with Crippen LogP contribution in [0.15, 0.2) is 11.4 Å². The van der Waals surface area contributed by atoms with E-state index in [4.69, 9.17) is 5.73 Å². The lowest BCUT2D eigenvalue weighted by Crippen LogP contribution is -1.97. The Hall–Kier alpha value is -0.340. The van der Waals surface area contributed by atoms with Crippen molar-refractivity contribution in [2.45, 2.75) is 104 Å². The molecule has 1 heterocycles. The second-order valence-electron chi connectivity index (χ2n) is 7.17. The van der Waals surface area contributed by atoms with Gasteiger partial charge in [-0.25, -0.2) is 0 Å². The first-order valence-corrected chi connectivity index (χ1v) is 10.7. The largest absolute Gasteiger partial charge is 0.330 e. The van der Waals surface area contributed by atoms with Gasteiger partial charge in [0, 0.05) is 4.88 Å². The smallest absolute Gasteiger partial charge is 0.0105 e. The van der Waals surface area contributed by atoms with Gasteiger partial charge in [-0.05, 0) is 41.8 Å². The number of hydrogen-bond acceptors (Lipinski definition) is 2. The van der Waals surface area contributed by atoms with E-state index in [9.17, 15) is 0 Å². The average molecular weight is 340 g/mol. The fraction of sp³-hybridized carbons (Fsp3) is 0.810. The lowest BCUT2D eigenvalue weighted by atomic mass is 9.99. The SMILES string of the molecule is CC(C)c1ccsc1C(C)C.CCCCCCCCCCCN. The Kier molecular flexibility index (Phi) is 15.0. The third-order valence-corrected chi connectivity index (χ3v) is 5.41. The molecular weight excluding hydrogens is 298 g/mol. The standard InChI is InChI=1S/C11H25N.C10H16S/c1-2-3-4-5-6-7-8-9-10-11-12;1-7(2)9-5-6-11-10(9)8(3)4/h2-12H2,1H3;5-8H,1-4H3. The Balaban J connectivity index is 0.000000422. The number of unbranched alkanes of at least 4 members (excludes halogenated alkanes) is 8. The van der Waals surface area contributed by atoms with Gasteiger partial charge in [0.2, 0.25) is 0 Å². The van der Waals surface area contributed by atoms with Crippen molar-refractivity contribution in [2.24, 2.45) is 5.73 Å². The van der Waals surface area contributed by atoms with E-state index in [2.05, 4.69) is 46.1 Å². The Morgan fingerprint density at radius 1 is 0.826 bits per heavy atom. The summed E-state index contributed by atoms with van der Waals surface area (Å²) in [5.41, 5.74) is 6.94. The van der Waals surface area contributed by atoms with Crippen molar-refractivity contribution in [3.63, 3.8) is 0 Å². The minimum atomic E-state index is 0.679. The van der Waals surface area contributed by atoms with Gasteiger partial charge in [0.25, 0.3) is 0 Å². The van der Waals surface area contributed by atoms with Crippen molar-refractivity contribution in [2.75, 3.05) is 6.54 Å². The van der Waals surface area contributed by atoms with Gasteiger partial charge in [-0.3, -0.25) is 0 Å². The van der Waals surface area contributed by atoms with Crippen molar-refractivity contribution in [3.05, 3.63) is 21.9 Å². The number of rotatable bonds is 11. The Bertz CT molecular complexity index is 322. The zero-order chi connectivity index (χ0) is 17.5. The molecule has 0 saturated heterocycles. The zero-order valence-electron chi connectivity index (χ0n) is 16.4. The summed E-state index contributed by atoms with van der Waals surface area (Å²) in [6.45, 7) is 12.2. The average Bonchev–Trinajstić information content (AvgIpc) is 3.01. The van der Waals surface area contributed by atoms with E-state index in [1.165, 1.54) is 63.4 Å². The molecule has 2 N–H and O–H groups in total. The van der Waals surface area contributed by atoms with E-state index in [1.807, 2.05) is 11.3 Å².